The van der Waals surface area contributed by atoms with Gasteiger partial charge >= 0.3 is 5.69 Å². The van der Waals surface area contributed by atoms with Crippen LogP contribution in [-0.4, -0.2) is 15.0 Å². The Morgan fingerprint density at radius 3 is 2.70 bits per heavy atom. The molecule has 0 fully saturated rings. The smallest absolute Gasteiger partial charge is 0.325 e. The van der Waals surface area contributed by atoms with Crippen molar-refractivity contribution in [3.63, 3.8) is 0 Å². The summed E-state index contributed by atoms with van der Waals surface area (Å²) in [5.74, 6) is 0.733. The normalized spacial score (nSPS) is 10.9. The standard InChI is InChI=1S/C12H8Cl2N4O2/c13-8-5(15)1-2-6(9(8)14)20-7-3-4-16-11-10(7)17-12(19)18-11/h1-4H,15H2,(H2,16,17,18,19). The number of H-pyrrole nitrogens is 2. The maximum Gasteiger partial charge on any atom is 0.325 e. The summed E-state index contributed by atoms with van der Waals surface area (Å²) in [6.45, 7) is 0. The number of hydrogen-bond donors (Lipinski definition) is 3. The third-order valence-electron chi connectivity index (χ3n) is 2.68. The molecule has 2 heterocycles. The Bertz CT molecular complexity index is 856. The Morgan fingerprint density at radius 1 is 1.10 bits per heavy atom. The van der Waals surface area contributed by atoms with Crippen LogP contribution in [0.1, 0.15) is 0 Å². The van der Waals surface area contributed by atoms with E-state index in [9.17, 15) is 4.79 Å². The van der Waals surface area contributed by atoms with Crippen molar-refractivity contribution in [2.75, 3.05) is 5.73 Å². The molecule has 0 saturated carbocycles. The predicted octanol–water partition coefficient (Wildman–Crippen LogP) is 2.93. The van der Waals surface area contributed by atoms with Crippen LogP contribution < -0.4 is 16.2 Å². The monoisotopic (exact) mass is 310 g/mol. The molecule has 0 aliphatic rings. The molecule has 0 spiro atoms. The summed E-state index contributed by atoms with van der Waals surface area (Å²) < 4.78 is 5.67. The van der Waals surface area contributed by atoms with E-state index in [2.05, 4.69) is 15.0 Å². The van der Waals surface area contributed by atoms with Gasteiger partial charge in [0.05, 0.1) is 10.7 Å². The summed E-state index contributed by atoms with van der Waals surface area (Å²) in [4.78, 5) is 20.4. The van der Waals surface area contributed by atoms with E-state index in [0.29, 0.717) is 28.4 Å². The number of aromatic nitrogens is 3. The Morgan fingerprint density at radius 2 is 1.90 bits per heavy atom. The number of rotatable bonds is 2. The van der Waals surface area contributed by atoms with Crippen LogP contribution >= 0.6 is 23.2 Å². The lowest BCUT2D eigenvalue weighted by atomic mass is 10.3. The zero-order chi connectivity index (χ0) is 14.3. The first-order valence-corrected chi connectivity index (χ1v) is 6.30. The molecular weight excluding hydrogens is 303 g/mol. The lowest BCUT2D eigenvalue weighted by Crippen LogP contribution is -1.99. The minimum atomic E-state index is -0.370. The van der Waals surface area contributed by atoms with Crippen molar-refractivity contribution >= 4 is 40.1 Å². The highest BCUT2D eigenvalue weighted by Gasteiger charge is 2.13. The van der Waals surface area contributed by atoms with E-state index in [1.54, 1.807) is 18.2 Å². The third kappa shape index (κ3) is 2.09. The van der Waals surface area contributed by atoms with Crippen LogP contribution in [0.2, 0.25) is 10.0 Å². The SMILES string of the molecule is Nc1ccc(Oc2ccnc3[nH]c(=O)[nH]c23)c(Cl)c1Cl. The van der Waals surface area contributed by atoms with Crippen molar-refractivity contribution in [1.29, 1.82) is 0 Å². The molecule has 102 valence electrons. The Balaban J connectivity index is 2.10. The number of aromatic amines is 2. The molecule has 20 heavy (non-hydrogen) atoms. The van der Waals surface area contributed by atoms with E-state index >= 15 is 0 Å². The molecule has 3 rings (SSSR count). The average molecular weight is 311 g/mol. The first-order valence-electron chi connectivity index (χ1n) is 5.54. The minimum Gasteiger partial charge on any atom is -0.453 e. The number of halogens is 2. The Kier molecular flexibility index (Phi) is 3.04. The van der Waals surface area contributed by atoms with Crippen LogP contribution in [0.25, 0.3) is 11.2 Å². The lowest BCUT2D eigenvalue weighted by Gasteiger charge is -2.10. The Labute approximate surface area is 122 Å². The van der Waals surface area contributed by atoms with Crippen molar-refractivity contribution in [3.05, 3.63) is 44.9 Å². The van der Waals surface area contributed by atoms with Gasteiger partial charge in [0.2, 0.25) is 0 Å². The Hall–Kier alpha value is -2.18. The van der Waals surface area contributed by atoms with Gasteiger partial charge < -0.3 is 15.5 Å². The molecule has 0 aliphatic heterocycles. The molecule has 0 aliphatic carbocycles. The summed E-state index contributed by atoms with van der Waals surface area (Å²) >= 11 is 12.0. The highest BCUT2D eigenvalue weighted by Crippen LogP contribution is 2.38. The number of nitrogens with two attached hydrogens (primary N) is 1. The second-order valence-corrected chi connectivity index (χ2v) is 4.75. The van der Waals surface area contributed by atoms with Gasteiger partial charge in [-0.3, -0.25) is 4.98 Å². The van der Waals surface area contributed by atoms with Crippen molar-refractivity contribution in [2.45, 2.75) is 0 Å². The molecule has 2 aromatic heterocycles. The molecule has 0 atom stereocenters. The van der Waals surface area contributed by atoms with Gasteiger partial charge in [-0.1, -0.05) is 23.2 Å². The van der Waals surface area contributed by atoms with Crippen molar-refractivity contribution < 1.29 is 4.74 Å². The zero-order valence-electron chi connectivity index (χ0n) is 9.91. The number of nitrogen functional groups attached to an aromatic ring is 1. The van der Waals surface area contributed by atoms with Gasteiger partial charge in [-0.2, -0.15) is 0 Å². The second-order valence-electron chi connectivity index (χ2n) is 3.99. The van der Waals surface area contributed by atoms with Gasteiger partial charge in [0.25, 0.3) is 0 Å². The average Bonchev–Trinajstić information content (AvgIpc) is 2.81. The van der Waals surface area contributed by atoms with Crippen LogP contribution in [0, 0.1) is 0 Å². The van der Waals surface area contributed by atoms with Crippen LogP contribution in [0.4, 0.5) is 5.69 Å². The molecule has 0 saturated heterocycles. The molecule has 0 bridgehead atoms. The summed E-state index contributed by atoms with van der Waals surface area (Å²) in [7, 11) is 0. The topological polar surface area (TPSA) is 96.8 Å². The maximum atomic E-state index is 11.3. The third-order valence-corrected chi connectivity index (χ3v) is 3.56. The van der Waals surface area contributed by atoms with Crippen LogP contribution in [0.5, 0.6) is 11.5 Å². The number of nitrogens with zero attached hydrogens (tertiary/aromatic N) is 1. The summed E-state index contributed by atoms with van der Waals surface area (Å²) in [6.07, 6.45) is 1.51. The summed E-state index contributed by atoms with van der Waals surface area (Å²) in [5, 5.41) is 0.423. The van der Waals surface area contributed by atoms with Crippen LogP contribution in [-0.2, 0) is 0 Å². The van der Waals surface area contributed by atoms with Crippen molar-refractivity contribution in [2.24, 2.45) is 0 Å². The van der Waals surface area contributed by atoms with Crippen molar-refractivity contribution in [3.8, 4) is 11.5 Å². The van der Waals surface area contributed by atoms with Crippen LogP contribution in [0.15, 0.2) is 29.2 Å². The molecule has 8 heteroatoms. The fourth-order valence-electron chi connectivity index (χ4n) is 1.74. The van der Waals surface area contributed by atoms with Gasteiger partial charge in [-0.05, 0) is 12.1 Å². The van der Waals surface area contributed by atoms with Crippen LogP contribution in [0.3, 0.4) is 0 Å². The quantitative estimate of drug-likeness (QED) is 0.634. The molecule has 0 amide bonds. The first kappa shape index (κ1) is 12.8. The van der Waals surface area contributed by atoms with Gasteiger partial charge in [-0.15, -0.1) is 0 Å². The molecule has 4 N–H and O–H groups in total. The van der Waals surface area contributed by atoms with Crippen molar-refractivity contribution in [1.82, 2.24) is 15.0 Å². The number of benzene rings is 1. The largest absolute Gasteiger partial charge is 0.453 e. The zero-order valence-corrected chi connectivity index (χ0v) is 11.4. The molecule has 0 radical (unpaired) electrons. The summed E-state index contributed by atoms with van der Waals surface area (Å²) in [5.41, 5.74) is 6.47. The molecule has 1 aromatic carbocycles. The van der Waals surface area contributed by atoms with E-state index < -0.39 is 0 Å². The fraction of sp³-hybridized carbons (Fsp3) is 0. The number of imidazole rings is 1. The van der Waals surface area contributed by atoms with Gasteiger partial charge in [0.1, 0.15) is 16.3 Å². The van der Waals surface area contributed by atoms with E-state index in [1.165, 1.54) is 6.20 Å². The summed E-state index contributed by atoms with van der Waals surface area (Å²) in [6, 6.07) is 4.79. The minimum absolute atomic E-state index is 0.203. The number of ether oxygens (including phenoxy) is 1. The van der Waals surface area contributed by atoms with Gasteiger partial charge in [0.15, 0.2) is 11.4 Å². The maximum absolute atomic E-state index is 11.3. The van der Waals surface area contributed by atoms with E-state index in [1.807, 2.05) is 0 Å². The van der Waals surface area contributed by atoms with E-state index in [4.69, 9.17) is 33.7 Å². The fourth-order valence-corrected chi connectivity index (χ4v) is 2.11. The van der Waals surface area contributed by atoms with Gasteiger partial charge in [-0.25, -0.2) is 9.78 Å². The predicted molar refractivity (Wildman–Crippen MR) is 77.7 cm³/mol. The lowest BCUT2D eigenvalue weighted by molar-refractivity contribution is 0.487. The first-order chi connectivity index (χ1) is 9.56. The number of nitrogens with one attached hydrogen (secondary N) is 2. The number of fused-ring (bicyclic) bond motifs is 1. The highest BCUT2D eigenvalue weighted by atomic mass is 35.5. The second kappa shape index (κ2) is 4.73. The van der Waals surface area contributed by atoms with E-state index in [-0.39, 0.29) is 15.7 Å². The molecule has 6 nitrogen and oxygen atoms in total. The highest BCUT2D eigenvalue weighted by molar-refractivity contribution is 6.44. The molecule has 0 unspecified atom stereocenters. The van der Waals surface area contributed by atoms with E-state index in [0.717, 1.165) is 0 Å². The van der Waals surface area contributed by atoms with Gasteiger partial charge in [0, 0.05) is 12.3 Å². The number of anilines is 1. The number of hydrogen-bond acceptors (Lipinski definition) is 4. The molecular formula is C12H8Cl2N4O2. The number of pyridine rings is 1. The molecule has 3 aromatic rings.